The van der Waals surface area contributed by atoms with Crippen molar-refractivity contribution in [3.05, 3.63) is 36.0 Å². The molecule has 1 aliphatic carbocycles. The van der Waals surface area contributed by atoms with Crippen molar-refractivity contribution in [1.82, 2.24) is 9.78 Å². The molecule has 1 aromatic carbocycles. The highest BCUT2D eigenvalue weighted by Gasteiger charge is 2.29. The zero-order valence-corrected chi connectivity index (χ0v) is 10.4. The number of benzene rings is 1. The molecule has 88 valence electrons. The van der Waals surface area contributed by atoms with E-state index in [1.165, 1.54) is 17.7 Å². The van der Waals surface area contributed by atoms with E-state index in [4.69, 9.17) is 0 Å². The van der Waals surface area contributed by atoms with Gasteiger partial charge in [0, 0.05) is 10.5 Å². The third kappa shape index (κ3) is 1.93. The second-order valence-corrected chi connectivity index (χ2v) is 5.19. The van der Waals surface area contributed by atoms with Gasteiger partial charge in [-0.15, -0.1) is 11.8 Å². The molecule has 0 saturated heterocycles. The van der Waals surface area contributed by atoms with Gasteiger partial charge in [0.15, 0.2) is 0 Å². The minimum absolute atomic E-state index is 0.296. The minimum Gasteiger partial charge on any atom is -0.493 e. The molecule has 17 heavy (non-hydrogen) atoms. The predicted octanol–water partition coefficient (Wildman–Crippen LogP) is 3.18. The molecule has 0 unspecified atom stereocenters. The molecule has 0 amide bonds. The Morgan fingerprint density at radius 3 is 2.59 bits per heavy atom. The molecule has 1 saturated carbocycles. The Balaban J connectivity index is 1.96. The van der Waals surface area contributed by atoms with Crippen molar-refractivity contribution in [3.8, 4) is 11.6 Å². The van der Waals surface area contributed by atoms with Crippen molar-refractivity contribution in [2.75, 3.05) is 6.26 Å². The van der Waals surface area contributed by atoms with E-state index in [1.807, 2.05) is 30.5 Å². The summed E-state index contributed by atoms with van der Waals surface area (Å²) in [6.07, 6.45) is 6.18. The van der Waals surface area contributed by atoms with Gasteiger partial charge < -0.3 is 5.11 Å². The third-order valence-corrected chi connectivity index (χ3v) is 3.85. The lowest BCUT2D eigenvalue weighted by Gasteiger charge is -2.04. The predicted molar refractivity (Wildman–Crippen MR) is 69.0 cm³/mol. The average Bonchev–Trinajstić information content (AvgIpc) is 3.13. The highest BCUT2D eigenvalue weighted by molar-refractivity contribution is 7.98. The van der Waals surface area contributed by atoms with Crippen LogP contribution in [0.25, 0.3) is 5.69 Å². The Bertz CT molecular complexity index is 529. The van der Waals surface area contributed by atoms with Gasteiger partial charge in [-0.25, -0.2) is 4.68 Å². The summed E-state index contributed by atoms with van der Waals surface area (Å²) in [5, 5.41) is 14.4. The molecule has 4 heteroatoms. The molecule has 1 aliphatic rings. The van der Waals surface area contributed by atoms with Crippen LogP contribution in [0.15, 0.2) is 35.4 Å². The number of thioether (sulfide) groups is 1. The van der Waals surface area contributed by atoms with E-state index in [0.717, 1.165) is 11.3 Å². The molecule has 0 radical (unpaired) electrons. The summed E-state index contributed by atoms with van der Waals surface area (Å²) in [5.74, 6) is 0.818. The topological polar surface area (TPSA) is 38.0 Å². The molecule has 3 rings (SSSR count). The van der Waals surface area contributed by atoms with E-state index in [1.54, 1.807) is 22.6 Å². The number of nitrogens with zero attached hydrogens (tertiary/aromatic N) is 2. The van der Waals surface area contributed by atoms with Crippen LogP contribution in [-0.4, -0.2) is 21.1 Å². The van der Waals surface area contributed by atoms with Gasteiger partial charge in [0.1, 0.15) is 0 Å². The van der Waals surface area contributed by atoms with Crippen LogP contribution in [-0.2, 0) is 0 Å². The van der Waals surface area contributed by atoms with Crippen molar-refractivity contribution >= 4 is 11.8 Å². The molecule has 1 aromatic heterocycles. The van der Waals surface area contributed by atoms with E-state index < -0.39 is 0 Å². The van der Waals surface area contributed by atoms with Crippen molar-refractivity contribution in [3.63, 3.8) is 0 Å². The van der Waals surface area contributed by atoms with Crippen molar-refractivity contribution in [2.45, 2.75) is 23.7 Å². The third-order valence-electron chi connectivity index (χ3n) is 3.11. The largest absolute Gasteiger partial charge is 0.493 e. The lowest BCUT2D eigenvalue weighted by atomic mass is 10.2. The molecule has 1 fully saturated rings. The normalized spacial score (nSPS) is 15.1. The van der Waals surface area contributed by atoms with Crippen LogP contribution in [0.1, 0.15) is 24.3 Å². The van der Waals surface area contributed by atoms with E-state index in [9.17, 15) is 5.11 Å². The monoisotopic (exact) mass is 246 g/mol. The van der Waals surface area contributed by atoms with Gasteiger partial charge in [0.25, 0.3) is 0 Å². The van der Waals surface area contributed by atoms with Crippen LogP contribution in [0.2, 0.25) is 0 Å². The quantitative estimate of drug-likeness (QED) is 0.845. The van der Waals surface area contributed by atoms with Crippen molar-refractivity contribution < 1.29 is 5.11 Å². The second-order valence-electron chi connectivity index (χ2n) is 4.31. The molecular weight excluding hydrogens is 232 g/mol. The van der Waals surface area contributed by atoms with Gasteiger partial charge in [-0.1, -0.05) is 0 Å². The van der Waals surface area contributed by atoms with Crippen LogP contribution in [0.3, 0.4) is 0 Å². The van der Waals surface area contributed by atoms with Crippen molar-refractivity contribution in [2.24, 2.45) is 0 Å². The first-order chi connectivity index (χ1) is 8.29. The van der Waals surface area contributed by atoms with Crippen LogP contribution in [0, 0.1) is 0 Å². The Labute approximate surface area is 104 Å². The highest BCUT2D eigenvalue weighted by atomic mass is 32.2. The maximum Gasteiger partial charge on any atom is 0.217 e. The molecule has 0 aliphatic heterocycles. The first-order valence-corrected chi connectivity index (χ1v) is 6.93. The maximum atomic E-state index is 10.1. The summed E-state index contributed by atoms with van der Waals surface area (Å²) < 4.78 is 1.61. The number of aromatic hydroxyl groups is 1. The molecular formula is C13H14N2OS. The summed E-state index contributed by atoms with van der Waals surface area (Å²) >= 11 is 1.70. The van der Waals surface area contributed by atoms with Gasteiger partial charge >= 0.3 is 0 Å². The molecule has 2 aromatic rings. The Kier molecular flexibility index (Phi) is 2.59. The SMILES string of the molecule is CSc1ccc(-n2ncc(C3CC3)c2O)cc1. The fourth-order valence-corrected chi connectivity index (χ4v) is 2.36. The lowest BCUT2D eigenvalue weighted by Crippen LogP contribution is -1.95. The Morgan fingerprint density at radius 1 is 1.29 bits per heavy atom. The van der Waals surface area contributed by atoms with Crippen LogP contribution in [0.5, 0.6) is 5.88 Å². The van der Waals surface area contributed by atoms with Gasteiger partial charge in [0.2, 0.25) is 5.88 Å². The number of aromatic nitrogens is 2. The number of rotatable bonds is 3. The molecule has 0 spiro atoms. The molecule has 3 nitrogen and oxygen atoms in total. The van der Waals surface area contributed by atoms with E-state index in [2.05, 4.69) is 5.10 Å². The summed E-state index contributed by atoms with van der Waals surface area (Å²) in [6.45, 7) is 0. The first kappa shape index (κ1) is 10.7. The zero-order chi connectivity index (χ0) is 11.8. The Morgan fingerprint density at radius 2 is 2.00 bits per heavy atom. The van der Waals surface area contributed by atoms with Crippen molar-refractivity contribution in [1.29, 1.82) is 0 Å². The van der Waals surface area contributed by atoms with E-state index >= 15 is 0 Å². The van der Waals surface area contributed by atoms with E-state index in [0.29, 0.717) is 11.8 Å². The highest BCUT2D eigenvalue weighted by Crippen LogP contribution is 2.44. The first-order valence-electron chi connectivity index (χ1n) is 5.71. The van der Waals surface area contributed by atoms with Gasteiger partial charge in [0.05, 0.1) is 11.9 Å². The summed E-state index contributed by atoms with van der Waals surface area (Å²) in [5.41, 5.74) is 1.89. The van der Waals surface area contributed by atoms with Gasteiger partial charge in [-0.2, -0.15) is 5.10 Å². The fourth-order valence-electron chi connectivity index (χ4n) is 1.95. The van der Waals surface area contributed by atoms with Crippen LogP contribution in [0.4, 0.5) is 0 Å². The van der Waals surface area contributed by atoms with Crippen LogP contribution >= 0.6 is 11.8 Å². The van der Waals surface area contributed by atoms with Gasteiger partial charge in [-0.3, -0.25) is 0 Å². The van der Waals surface area contributed by atoms with Crippen LogP contribution < -0.4 is 0 Å². The molecule has 1 N–H and O–H groups in total. The average molecular weight is 246 g/mol. The molecule has 1 heterocycles. The molecule has 0 bridgehead atoms. The summed E-state index contributed by atoms with van der Waals surface area (Å²) in [6, 6.07) is 8.04. The second kappa shape index (κ2) is 4.11. The molecule has 0 atom stereocenters. The lowest BCUT2D eigenvalue weighted by molar-refractivity contribution is 0.428. The van der Waals surface area contributed by atoms with Gasteiger partial charge in [-0.05, 0) is 49.3 Å². The standard InChI is InChI=1S/C13H14N2OS/c1-17-11-6-4-10(5-7-11)15-13(16)12(8-14-15)9-2-3-9/h4-9,16H,2-3H2,1H3. The summed E-state index contributed by atoms with van der Waals surface area (Å²) in [7, 11) is 0. The Hall–Kier alpha value is -1.42. The minimum atomic E-state index is 0.296. The zero-order valence-electron chi connectivity index (χ0n) is 9.63. The maximum absolute atomic E-state index is 10.1. The number of hydrogen-bond donors (Lipinski definition) is 1. The smallest absolute Gasteiger partial charge is 0.217 e. The summed E-state index contributed by atoms with van der Waals surface area (Å²) in [4.78, 5) is 1.21. The fraction of sp³-hybridized carbons (Fsp3) is 0.308. The van der Waals surface area contributed by atoms with E-state index in [-0.39, 0.29) is 0 Å². The number of hydrogen-bond acceptors (Lipinski definition) is 3.